The van der Waals surface area contributed by atoms with Gasteiger partial charge in [0.1, 0.15) is 11.6 Å². The number of aryl methyl sites for hydroxylation is 2. The number of alkyl halides is 3. The maximum atomic E-state index is 14.1. The highest BCUT2D eigenvalue weighted by Crippen LogP contribution is 2.31. The van der Waals surface area contributed by atoms with Crippen molar-refractivity contribution in [2.45, 2.75) is 57.7 Å². The number of amides is 1. The van der Waals surface area contributed by atoms with Crippen LogP contribution in [0.4, 0.5) is 29.1 Å². The summed E-state index contributed by atoms with van der Waals surface area (Å²) < 4.78 is 52.3. The third kappa shape index (κ3) is 5.93. The lowest BCUT2D eigenvalue weighted by atomic mass is 10.0. The Morgan fingerprint density at radius 2 is 1.76 bits per heavy atom. The molecule has 2 aliphatic rings. The van der Waals surface area contributed by atoms with Crippen LogP contribution in [0.1, 0.15) is 48.8 Å². The number of nitrogens with zero attached hydrogens (tertiary/aromatic N) is 3. The van der Waals surface area contributed by atoms with E-state index in [4.69, 9.17) is 4.98 Å². The largest absolute Gasteiger partial charge is 0.416 e. The third-order valence-electron chi connectivity index (χ3n) is 7.73. The number of fused-ring (bicyclic) bond motifs is 1. The van der Waals surface area contributed by atoms with E-state index in [1.807, 2.05) is 19.1 Å². The van der Waals surface area contributed by atoms with Gasteiger partial charge in [0, 0.05) is 36.6 Å². The fourth-order valence-corrected chi connectivity index (χ4v) is 5.58. The Morgan fingerprint density at radius 3 is 2.45 bits per heavy atom. The molecule has 0 atom stereocenters. The highest BCUT2D eigenvalue weighted by atomic mass is 19.4. The second kappa shape index (κ2) is 10.9. The second-order valence-electron chi connectivity index (χ2n) is 10.3. The number of halogens is 4. The van der Waals surface area contributed by atoms with Crippen molar-refractivity contribution < 1.29 is 22.4 Å². The van der Waals surface area contributed by atoms with Crippen LogP contribution in [0.15, 0.2) is 42.5 Å². The minimum absolute atomic E-state index is 0.00177. The molecule has 1 aromatic heterocycles. The lowest BCUT2D eigenvalue weighted by Gasteiger charge is -2.37. The number of likely N-dealkylation sites (tertiary alicyclic amines) is 1. The highest BCUT2D eigenvalue weighted by Gasteiger charge is 2.31. The molecule has 0 unspecified atom stereocenters. The molecule has 2 aliphatic heterocycles. The molecule has 202 valence electrons. The van der Waals surface area contributed by atoms with Crippen molar-refractivity contribution in [1.29, 1.82) is 0 Å². The summed E-state index contributed by atoms with van der Waals surface area (Å²) in [6.45, 7) is 6.47. The molecule has 38 heavy (non-hydrogen) atoms. The van der Waals surface area contributed by atoms with Crippen LogP contribution in [0.3, 0.4) is 0 Å². The maximum absolute atomic E-state index is 14.1. The maximum Gasteiger partial charge on any atom is 0.416 e. The molecular weight excluding hydrogens is 496 g/mol. The smallest absolute Gasteiger partial charge is 0.356 e. The summed E-state index contributed by atoms with van der Waals surface area (Å²) in [6.07, 6.45) is 0.272. The topological polar surface area (TPSA) is 48.5 Å². The number of aromatic nitrogens is 1. The van der Waals surface area contributed by atoms with Gasteiger partial charge in [-0.1, -0.05) is 6.07 Å². The van der Waals surface area contributed by atoms with Crippen molar-refractivity contribution in [1.82, 2.24) is 9.88 Å². The highest BCUT2D eigenvalue weighted by molar-refractivity contribution is 5.94. The normalized spacial score (nSPS) is 17.3. The summed E-state index contributed by atoms with van der Waals surface area (Å²) in [4.78, 5) is 22.4. The molecular formula is C29H32F4N4O. The SMILES string of the molecule is Cc1cc(N2CCC(N3CCCC3)CC2)nc2ccc(NC(=O)CCc3ccc(C(F)(F)F)cc3F)cc12. The van der Waals surface area contributed by atoms with E-state index in [9.17, 15) is 22.4 Å². The van der Waals surface area contributed by atoms with Gasteiger partial charge < -0.3 is 15.1 Å². The fraction of sp³-hybridized carbons (Fsp3) is 0.448. The molecule has 0 bridgehead atoms. The minimum atomic E-state index is -4.61. The lowest BCUT2D eigenvalue weighted by Crippen LogP contribution is -2.44. The number of nitrogens with one attached hydrogen (secondary N) is 1. The van der Waals surface area contributed by atoms with Crippen LogP contribution in [0.2, 0.25) is 0 Å². The van der Waals surface area contributed by atoms with E-state index in [2.05, 4.69) is 21.2 Å². The molecule has 9 heteroatoms. The number of carbonyl (C=O) groups is 1. The fourth-order valence-electron chi connectivity index (χ4n) is 5.58. The minimum Gasteiger partial charge on any atom is -0.356 e. The van der Waals surface area contributed by atoms with E-state index in [0.717, 1.165) is 60.3 Å². The molecule has 0 saturated carbocycles. The molecule has 0 aliphatic carbocycles. The third-order valence-corrected chi connectivity index (χ3v) is 7.73. The van der Waals surface area contributed by atoms with Crippen molar-refractivity contribution in [3.63, 3.8) is 0 Å². The van der Waals surface area contributed by atoms with E-state index in [1.54, 1.807) is 6.07 Å². The van der Waals surface area contributed by atoms with Crippen LogP contribution < -0.4 is 10.2 Å². The molecule has 2 fully saturated rings. The molecule has 1 amide bonds. The van der Waals surface area contributed by atoms with E-state index < -0.39 is 17.6 Å². The zero-order valence-corrected chi connectivity index (χ0v) is 21.5. The number of carbonyl (C=O) groups excluding carboxylic acids is 1. The molecule has 0 radical (unpaired) electrons. The Bertz CT molecular complexity index is 1310. The molecule has 3 aromatic rings. The monoisotopic (exact) mass is 528 g/mol. The first-order chi connectivity index (χ1) is 18.2. The first kappa shape index (κ1) is 26.4. The number of anilines is 2. The second-order valence-corrected chi connectivity index (χ2v) is 10.3. The molecule has 3 heterocycles. The summed E-state index contributed by atoms with van der Waals surface area (Å²) in [7, 11) is 0. The Labute approximate surface area is 219 Å². The van der Waals surface area contributed by atoms with Gasteiger partial charge in [-0.15, -0.1) is 0 Å². The standard InChI is InChI=1S/C29H32F4N4O/c1-19-16-27(37-14-10-23(11-15-37)36-12-2-3-13-36)35-26-8-7-22(18-24(19)26)34-28(38)9-5-20-4-6-21(17-25(20)30)29(31,32)33/h4,6-8,16-18,23H,2-3,5,9-15H2,1H3,(H,34,38). The van der Waals surface area contributed by atoms with E-state index in [0.29, 0.717) is 17.8 Å². The first-order valence-electron chi connectivity index (χ1n) is 13.2. The number of piperidine rings is 1. The molecule has 5 rings (SSSR count). The summed E-state index contributed by atoms with van der Waals surface area (Å²) in [6, 6.07) is 10.7. The van der Waals surface area contributed by atoms with Crippen LogP contribution >= 0.6 is 0 Å². The summed E-state index contributed by atoms with van der Waals surface area (Å²) >= 11 is 0. The molecule has 0 spiro atoms. The van der Waals surface area contributed by atoms with Gasteiger partial charge in [-0.25, -0.2) is 9.37 Å². The van der Waals surface area contributed by atoms with Gasteiger partial charge in [0.15, 0.2) is 0 Å². The average Bonchev–Trinajstić information content (AvgIpc) is 3.43. The van der Waals surface area contributed by atoms with E-state index in [1.165, 1.54) is 25.9 Å². The quantitative estimate of drug-likeness (QED) is 0.380. The Morgan fingerprint density at radius 1 is 1.03 bits per heavy atom. The lowest BCUT2D eigenvalue weighted by molar-refractivity contribution is -0.137. The van der Waals surface area contributed by atoms with Crippen molar-refractivity contribution in [3.8, 4) is 0 Å². The summed E-state index contributed by atoms with van der Waals surface area (Å²) in [5, 5.41) is 3.75. The average molecular weight is 529 g/mol. The van der Waals surface area contributed by atoms with E-state index >= 15 is 0 Å². The predicted octanol–water partition coefficient (Wildman–Crippen LogP) is 6.34. The number of pyridine rings is 1. The van der Waals surface area contributed by atoms with E-state index in [-0.39, 0.29) is 24.3 Å². The Hall–Kier alpha value is -3.20. The molecule has 5 nitrogen and oxygen atoms in total. The van der Waals surface area contributed by atoms with Crippen molar-refractivity contribution in [2.75, 3.05) is 36.4 Å². The van der Waals surface area contributed by atoms with Crippen LogP contribution in [0.5, 0.6) is 0 Å². The van der Waals surface area contributed by atoms with Gasteiger partial charge >= 0.3 is 6.18 Å². The Balaban J connectivity index is 1.20. The van der Waals surface area contributed by atoms with Gasteiger partial charge in [0.25, 0.3) is 0 Å². The van der Waals surface area contributed by atoms with Gasteiger partial charge in [0.05, 0.1) is 11.1 Å². The van der Waals surface area contributed by atoms with Gasteiger partial charge in [-0.05, 0) is 99.6 Å². The van der Waals surface area contributed by atoms with Gasteiger partial charge in [-0.3, -0.25) is 4.79 Å². The summed E-state index contributed by atoms with van der Waals surface area (Å²) in [5.41, 5.74) is 1.54. The van der Waals surface area contributed by atoms with Crippen LogP contribution in [-0.2, 0) is 17.4 Å². The van der Waals surface area contributed by atoms with Crippen LogP contribution in [0.25, 0.3) is 10.9 Å². The van der Waals surface area contributed by atoms with Crippen LogP contribution in [-0.4, -0.2) is 48.0 Å². The zero-order valence-electron chi connectivity index (χ0n) is 21.5. The summed E-state index contributed by atoms with van der Waals surface area (Å²) in [5.74, 6) is -0.326. The molecule has 2 saturated heterocycles. The van der Waals surface area contributed by atoms with Gasteiger partial charge in [0.2, 0.25) is 5.91 Å². The van der Waals surface area contributed by atoms with Crippen molar-refractivity contribution in [3.05, 3.63) is 65.0 Å². The number of benzene rings is 2. The first-order valence-corrected chi connectivity index (χ1v) is 13.2. The van der Waals surface area contributed by atoms with Gasteiger partial charge in [-0.2, -0.15) is 13.2 Å². The molecule has 2 aromatic carbocycles. The number of hydrogen-bond acceptors (Lipinski definition) is 4. The molecule has 1 N–H and O–H groups in total. The number of rotatable bonds is 6. The van der Waals surface area contributed by atoms with Crippen molar-refractivity contribution >= 4 is 28.3 Å². The van der Waals surface area contributed by atoms with Crippen LogP contribution in [0, 0.1) is 12.7 Å². The number of hydrogen-bond donors (Lipinski definition) is 1. The predicted molar refractivity (Wildman–Crippen MR) is 141 cm³/mol. The zero-order chi connectivity index (χ0) is 26.9. The van der Waals surface area contributed by atoms with Crippen molar-refractivity contribution in [2.24, 2.45) is 0 Å². The Kier molecular flexibility index (Phi) is 7.56.